The van der Waals surface area contributed by atoms with E-state index in [9.17, 15) is 27.2 Å². The Bertz CT molecular complexity index is 1510. The fraction of sp³-hybridized carbons (Fsp3) is 0.292. The predicted octanol–water partition coefficient (Wildman–Crippen LogP) is 3.50. The number of benzene rings is 1. The number of amides is 2. The zero-order valence-electron chi connectivity index (χ0n) is 20.0. The van der Waals surface area contributed by atoms with Crippen LogP contribution >= 0.6 is 0 Å². The van der Waals surface area contributed by atoms with Crippen molar-refractivity contribution in [2.45, 2.75) is 19.6 Å². The quantitative estimate of drug-likeness (QED) is 0.395. The SMILES string of the molecule is CCn1ncc(NC(=O)c2cc3nc(-c4ccc(F)cc4)cc(C(F)(F)F)n3n2)c1C(=O)N1CCOCC1. The number of aryl methyl sites for hydroxylation is 1. The summed E-state index contributed by atoms with van der Waals surface area (Å²) in [6.45, 7) is 3.62. The standard InChI is InChI=1S/C24H21F4N7O3/c1-2-34-21(23(37)33-7-9-38-10-8-33)18(13-29-34)31-22(36)17-12-20-30-16(14-3-5-15(25)6-4-14)11-19(24(26,27)28)35(20)32-17/h3-6,11-13H,2,7-10H2,1H3,(H,31,36). The second kappa shape index (κ2) is 9.85. The third-order valence-corrected chi connectivity index (χ3v) is 5.98. The molecule has 0 aliphatic carbocycles. The van der Waals surface area contributed by atoms with Gasteiger partial charge in [0.25, 0.3) is 11.8 Å². The molecule has 38 heavy (non-hydrogen) atoms. The van der Waals surface area contributed by atoms with Crippen molar-refractivity contribution in [2.75, 3.05) is 31.6 Å². The fourth-order valence-corrected chi connectivity index (χ4v) is 4.10. The van der Waals surface area contributed by atoms with Gasteiger partial charge < -0.3 is 15.0 Å². The Labute approximate surface area is 212 Å². The van der Waals surface area contributed by atoms with Crippen molar-refractivity contribution in [1.29, 1.82) is 0 Å². The maximum atomic E-state index is 13.9. The van der Waals surface area contributed by atoms with Crippen molar-refractivity contribution in [3.8, 4) is 11.3 Å². The molecule has 1 fully saturated rings. The molecule has 1 aliphatic heterocycles. The lowest BCUT2D eigenvalue weighted by Gasteiger charge is -2.27. The highest BCUT2D eigenvalue weighted by molar-refractivity contribution is 6.07. The van der Waals surface area contributed by atoms with Crippen molar-refractivity contribution in [3.05, 3.63) is 65.5 Å². The number of aromatic nitrogens is 5. The minimum absolute atomic E-state index is 0.0701. The Kier molecular flexibility index (Phi) is 6.57. The van der Waals surface area contributed by atoms with Gasteiger partial charge in [0.1, 0.15) is 11.5 Å². The van der Waals surface area contributed by atoms with E-state index in [-0.39, 0.29) is 39.9 Å². The maximum absolute atomic E-state index is 13.9. The minimum atomic E-state index is -4.82. The largest absolute Gasteiger partial charge is 0.433 e. The Balaban J connectivity index is 1.50. The first kappa shape index (κ1) is 25.3. The number of alkyl halides is 3. The summed E-state index contributed by atoms with van der Waals surface area (Å²) in [4.78, 5) is 32.0. The molecular weight excluding hydrogens is 510 g/mol. The lowest BCUT2D eigenvalue weighted by Crippen LogP contribution is -2.41. The number of ether oxygens (including phenoxy) is 1. The molecule has 14 heteroatoms. The molecule has 4 aromatic rings. The summed E-state index contributed by atoms with van der Waals surface area (Å²) in [7, 11) is 0. The molecule has 5 rings (SSSR count). The number of carbonyl (C=O) groups is 2. The summed E-state index contributed by atoms with van der Waals surface area (Å²) < 4.78 is 62.2. The molecule has 0 saturated carbocycles. The lowest BCUT2D eigenvalue weighted by molar-refractivity contribution is -0.142. The van der Waals surface area contributed by atoms with E-state index in [4.69, 9.17) is 4.74 Å². The fourth-order valence-electron chi connectivity index (χ4n) is 4.10. The Hall–Kier alpha value is -4.33. The van der Waals surface area contributed by atoms with Crippen molar-refractivity contribution in [1.82, 2.24) is 29.3 Å². The van der Waals surface area contributed by atoms with E-state index in [1.165, 1.54) is 23.0 Å². The molecule has 10 nitrogen and oxygen atoms in total. The molecule has 4 heterocycles. The average molecular weight is 531 g/mol. The highest BCUT2D eigenvalue weighted by atomic mass is 19.4. The Morgan fingerprint density at radius 1 is 1.11 bits per heavy atom. The van der Waals surface area contributed by atoms with Gasteiger partial charge >= 0.3 is 6.18 Å². The highest BCUT2D eigenvalue weighted by Gasteiger charge is 2.36. The number of nitrogens with one attached hydrogen (secondary N) is 1. The molecule has 0 atom stereocenters. The first-order valence-corrected chi connectivity index (χ1v) is 11.6. The molecule has 198 valence electrons. The van der Waals surface area contributed by atoms with Gasteiger partial charge in [-0.3, -0.25) is 14.3 Å². The molecule has 0 spiro atoms. The van der Waals surface area contributed by atoms with Gasteiger partial charge in [-0.05, 0) is 37.3 Å². The van der Waals surface area contributed by atoms with Gasteiger partial charge in [-0.25, -0.2) is 13.9 Å². The van der Waals surface area contributed by atoms with E-state index >= 15 is 0 Å². The first-order valence-electron chi connectivity index (χ1n) is 11.6. The van der Waals surface area contributed by atoms with Crippen LogP contribution in [-0.2, 0) is 17.5 Å². The topological polar surface area (TPSA) is 107 Å². The number of nitrogens with zero attached hydrogens (tertiary/aromatic N) is 6. The van der Waals surface area contributed by atoms with Crippen LogP contribution in [0, 0.1) is 5.82 Å². The van der Waals surface area contributed by atoms with Crippen molar-refractivity contribution in [3.63, 3.8) is 0 Å². The van der Waals surface area contributed by atoms with Gasteiger partial charge in [-0.15, -0.1) is 0 Å². The summed E-state index contributed by atoms with van der Waals surface area (Å²) in [6.07, 6.45) is -3.52. The normalized spacial score (nSPS) is 14.2. The number of anilines is 1. The molecule has 0 unspecified atom stereocenters. The van der Waals surface area contributed by atoms with Crippen LogP contribution in [-0.4, -0.2) is 67.4 Å². The zero-order chi connectivity index (χ0) is 27.0. The van der Waals surface area contributed by atoms with E-state index in [1.54, 1.807) is 11.8 Å². The monoisotopic (exact) mass is 531 g/mol. The number of morpholine rings is 1. The van der Waals surface area contributed by atoms with Crippen LogP contribution in [0.4, 0.5) is 23.2 Å². The van der Waals surface area contributed by atoms with E-state index < -0.39 is 23.6 Å². The highest BCUT2D eigenvalue weighted by Crippen LogP contribution is 2.32. The molecule has 2 amide bonds. The van der Waals surface area contributed by atoms with Gasteiger partial charge in [0, 0.05) is 31.3 Å². The number of hydrogen-bond acceptors (Lipinski definition) is 6. The number of fused-ring (bicyclic) bond motifs is 1. The molecule has 1 saturated heterocycles. The first-order chi connectivity index (χ1) is 18.2. The lowest BCUT2D eigenvalue weighted by atomic mass is 10.1. The third-order valence-electron chi connectivity index (χ3n) is 5.98. The minimum Gasteiger partial charge on any atom is -0.378 e. The van der Waals surface area contributed by atoms with Crippen LogP contribution in [0.25, 0.3) is 16.9 Å². The van der Waals surface area contributed by atoms with E-state index in [0.717, 1.165) is 24.3 Å². The van der Waals surface area contributed by atoms with Gasteiger partial charge in [-0.2, -0.15) is 23.4 Å². The molecule has 3 aromatic heterocycles. The molecular formula is C24H21F4N7O3. The second-order valence-electron chi connectivity index (χ2n) is 8.41. The third kappa shape index (κ3) is 4.81. The van der Waals surface area contributed by atoms with Crippen LogP contribution in [0.3, 0.4) is 0 Å². The summed E-state index contributed by atoms with van der Waals surface area (Å²) >= 11 is 0. The number of carbonyl (C=O) groups excluding carboxylic acids is 2. The van der Waals surface area contributed by atoms with Crippen molar-refractivity contribution < 1.29 is 31.9 Å². The van der Waals surface area contributed by atoms with E-state index in [1.807, 2.05) is 0 Å². The summed E-state index contributed by atoms with van der Waals surface area (Å²) in [5.41, 5.74) is -1.33. The van der Waals surface area contributed by atoms with Gasteiger partial charge in [0.15, 0.2) is 17.0 Å². The van der Waals surface area contributed by atoms with Crippen LogP contribution in [0.1, 0.15) is 33.6 Å². The smallest absolute Gasteiger partial charge is 0.378 e. The second-order valence-corrected chi connectivity index (χ2v) is 8.41. The molecule has 1 aliphatic rings. The zero-order valence-corrected chi connectivity index (χ0v) is 20.0. The molecule has 0 bridgehead atoms. The van der Waals surface area contributed by atoms with E-state index in [2.05, 4.69) is 20.5 Å². The van der Waals surface area contributed by atoms with Gasteiger partial charge in [0.2, 0.25) is 0 Å². The number of halogens is 4. The Morgan fingerprint density at radius 3 is 2.47 bits per heavy atom. The summed E-state index contributed by atoms with van der Waals surface area (Å²) in [6, 6.07) is 6.70. The average Bonchev–Trinajstić information content (AvgIpc) is 3.52. The van der Waals surface area contributed by atoms with Gasteiger partial charge in [-0.1, -0.05) is 0 Å². The molecule has 1 N–H and O–H groups in total. The maximum Gasteiger partial charge on any atom is 0.433 e. The Morgan fingerprint density at radius 2 is 1.82 bits per heavy atom. The molecule has 1 aromatic carbocycles. The van der Waals surface area contributed by atoms with Crippen LogP contribution in [0.15, 0.2) is 42.6 Å². The summed E-state index contributed by atoms with van der Waals surface area (Å²) in [5.74, 6) is -1.76. The van der Waals surface area contributed by atoms with E-state index in [0.29, 0.717) is 37.4 Å². The predicted molar refractivity (Wildman–Crippen MR) is 126 cm³/mol. The van der Waals surface area contributed by atoms with Gasteiger partial charge in [0.05, 0.1) is 30.8 Å². The van der Waals surface area contributed by atoms with Crippen LogP contribution in [0.2, 0.25) is 0 Å². The number of hydrogen-bond donors (Lipinski definition) is 1. The van der Waals surface area contributed by atoms with Crippen LogP contribution < -0.4 is 5.32 Å². The number of rotatable bonds is 5. The van der Waals surface area contributed by atoms with Crippen molar-refractivity contribution in [2.24, 2.45) is 0 Å². The van der Waals surface area contributed by atoms with Crippen LogP contribution in [0.5, 0.6) is 0 Å². The van der Waals surface area contributed by atoms with Crippen molar-refractivity contribution >= 4 is 23.1 Å². The molecule has 0 radical (unpaired) electrons. The summed E-state index contributed by atoms with van der Waals surface area (Å²) in [5, 5.41) is 10.5.